The summed E-state index contributed by atoms with van der Waals surface area (Å²) in [7, 11) is 0. The molecule has 0 radical (unpaired) electrons. The molecule has 1 heterocycles. The molecule has 150 valence electrons. The van der Waals surface area contributed by atoms with Gasteiger partial charge in [-0.15, -0.1) is 0 Å². The second kappa shape index (κ2) is 8.87. The number of fused-ring (bicyclic) bond motifs is 1. The SMILES string of the molecule is Cc1cc(C)c(NC(=O)COC(=O)CCn2ncc(=O)c3ccccc32)c(Cl)c1. The molecule has 0 aliphatic rings. The Hall–Kier alpha value is -3.19. The van der Waals surface area contributed by atoms with Crippen molar-refractivity contribution < 1.29 is 14.3 Å². The van der Waals surface area contributed by atoms with Crippen LogP contribution in [0.1, 0.15) is 17.5 Å². The Bertz CT molecular complexity index is 1120. The van der Waals surface area contributed by atoms with Crippen LogP contribution in [-0.4, -0.2) is 28.3 Å². The van der Waals surface area contributed by atoms with Crippen LogP contribution in [0, 0.1) is 13.8 Å². The first-order valence-electron chi connectivity index (χ1n) is 9.02. The second-order valence-corrected chi connectivity index (χ2v) is 7.05. The van der Waals surface area contributed by atoms with Gasteiger partial charge in [0.15, 0.2) is 6.61 Å². The van der Waals surface area contributed by atoms with E-state index in [0.717, 1.165) is 11.1 Å². The number of esters is 1. The first-order chi connectivity index (χ1) is 13.8. The van der Waals surface area contributed by atoms with Gasteiger partial charge in [-0.05, 0) is 43.2 Å². The van der Waals surface area contributed by atoms with Gasteiger partial charge in [-0.25, -0.2) is 0 Å². The number of carbonyl (C=O) groups excluding carboxylic acids is 2. The van der Waals surface area contributed by atoms with E-state index in [9.17, 15) is 14.4 Å². The number of para-hydroxylation sites is 1. The summed E-state index contributed by atoms with van der Waals surface area (Å²) in [5, 5.41) is 7.68. The maximum Gasteiger partial charge on any atom is 0.308 e. The minimum atomic E-state index is -0.545. The molecule has 0 saturated carbocycles. The van der Waals surface area contributed by atoms with Crippen LogP contribution in [0.25, 0.3) is 10.9 Å². The minimum absolute atomic E-state index is 0.0114. The van der Waals surface area contributed by atoms with Crippen LogP contribution in [0.5, 0.6) is 0 Å². The predicted molar refractivity (Wildman–Crippen MR) is 111 cm³/mol. The maximum absolute atomic E-state index is 12.1. The number of ether oxygens (including phenoxy) is 1. The van der Waals surface area contributed by atoms with Gasteiger partial charge < -0.3 is 10.1 Å². The van der Waals surface area contributed by atoms with E-state index in [1.54, 1.807) is 35.0 Å². The first kappa shape index (κ1) is 20.5. The van der Waals surface area contributed by atoms with Gasteiger partial charge in [-0.1, -0.05) is 29.8 Å². The third-order valence-electron chi connectivity index (χ3n) is 4.35. The molecule has 3 aromatic rings. The number of nitrogens with zero attached hydrogens (tertiary/aromatic N) is 2. The Balaban J connectivity index is 1.55. The number of nitrogens with one attached hydrogen (secondary N) is 1. The molecule has 0 spiro atoms. The molecule has 3 rings (SSSR count). The Morgan fingerprint density at radius 2 is 1.97 bits per heavy atom. The van der Waals surface area contributed by atoms with E-state index < -0.39 is 18.5 Å². The van der Waals surface area contributed by atoms with E-state index in [1.165, 1.54) is 6.20 Å². The Morgan fingerprint density at radius 1 is 1.21 bits per heavy atom. The van der Waals surface area contributed by atoms with Gasteiger partial charge >= 0.3 is 5.97 Å². The van der Waals surface area contributed by atoms with Crippen LogP contribution in [0.15, 0.2) is 47.4 Å². The molecule has 7 nitrogen and oxygen atoms in total. The molecular formula is C21H20ClN3O4. The smallest absolute Gasteiger partial charge is 0.308 e. The summed E-state index contributed by atoms with van der Waals surface area (Å²) in [6, 6.07) is 10.7. The fraction of sp³-hybridized carbons (Fsp3) is 0.238. The lowest BCUT2D eigenvalue weighted by Crippen LogP contribution is -2.22. The number of hydrogen-bond donors (Lipinski definition) is 1. The molecule has 8 heteroatoms. The third-order valence-corrected chi connectivity index (χ3v) is 4.65. The van der Waals surface area contributed by atoms with Gasteiger partial charge in [0.25, 0.3) is 5.91 Å². The standard InChI is InChI=1S/C21H20ClN3O4/c1-13-9-14(2)21(16(22)10-13)24-19(27)12-29-20(28)7-8-25-17-6-4-3-5-15(17)18(26)11-23-25/h3-6,9-11H,7-8,12H2,1-2H3,(H,24,27). The number of halogens is 1. The highest BCUT2D eigenvalue weighted by molar-refractivity contribution is 6.34. The number of aryl methyl sites for hydroxylation is 3. The highest BCUT2D eigenvalue weighted by Gasteiger charge is 2.13. The lowest BCUT2D eigenvalue weighted by atomic mass is 10.1. The van der Waals surface area contributed by atoms with Gasteiger partial charge in [-0.3, -0.25) is 19.1 Å². The average molecular weight is 414 g/mol. The minimum Gasteiger partial charge on any atom is -0.456 e. The van der Waals surface area contributed by atoms with Crippen molar-refractivity contribution in [1.29, 1.82) is 0 Å². The molecule has 0 unspecified atom stereocenters. The second-order valence-electron chi connectivity index (χ2n) is 6.65. The van der Waals surface area contributed by atoms with Crippen LogP contribution in [0.4, 0.5) is 5.69 Å². The largest absolute Gasteiger partial charge is 0.456 e. The number of aromatic nitrogens is 2. The zero-order chi connectivity index (χ0) is 21.0. The highest BCUT2D eigenvalue weighted by Crippen LogP contribution is 2.27. The third kappa shape index (κ3) is 5.00. The molecule has 0 bridgehead atoms. The summed E-state index contributed by atoms with van der Waals surface area (Å²) in [5.41, 5.74) is 2.77. The van der Waals surface area contributed by atoms with Crippen LogP contribution in [-0.2, 0) is 20.9 Å². The molecule has 0 aliphatic carbocycles. The van der Waals surface area contributed by atoms with Gasteiger partial charge in [0.05, 0.1) is 35.4 Å². The van der Waals surface area contributed by atoms with E-state index >= 15 is 0 Å². The zero-order valence-electron chi connectivity index (χ0n) is 16.1. The summed E-state index contributed by atoms with van der Waals surface area (Å²) in [6.07, 6.45) is 1.23. The Labute approximate surface area is 172 Å². The van der Waals surface area contributed by atoms with E-state index in [1.807, 2.05) is 19.9 Å². The molecule has 29 heavy (non-hydrogen) atoms. The van der Waals surface area contributed by atoms with E-state index in [-0.39, 0.29) is 18.4 Å². The molecular weight excluding hydrogens is 394 g/mol. The number of anilines is 1. The Kier molecular flexibility index (Phi) is 6.29. The van der Waals surface area contributed by atoms with Crippen molar-refractivity contribution in [1.82, 2.24) is 9.78 Å². The van der Waals surface area contributed by atoms with Crippen LogP contribution in [0.3, 0.4) is 0 Å². The van der Waals surface area contributed by atoms with Crippen molar-refractivity contribution in [3.05, 3.63) is 69.0 Å². The topological polar surface area (TPSA) is 90.3 Å². The summed E-state index contributed by atoms with van der Waals surface area (Å²) in [4.78, 5) is 36.0. The fourth-order valence-electron chi connectivity index (χ4n) is 3.00. The van der Waals surface area contributed by atoms with Gasteiger partial charge in [0, 0.05) is 5.39 Å². The lowest BCUT2D eigenvalue weighted by molar-refractivity contribution is -0.147. The van der Waals surface area contributed by atoms with Crippen LogP contribution in [0.2, 0.25) is 5.02 Å². The van der Waals surface area contributed by atoms with Gasteiger partial charge in [-0.2, -0.15) is 5.10 Å². The number of benzene rings is 2. The summed E-state index contributed by atoms with van der Waals surface area (Å²) in [5.74, 6) is -1.02. The van der Waals surface area contributed by atoms with Crippen molar-refractivity contribution in [3.63, 3.8) is 0 Å². The first-order valence-corrected chi connectivity index (χ1v) is 9.40. The van der Waals surface area contributed by atoms with E-state index in [2.05, 4.69) is 10.4 Å². The summed E-state index contributed by atoms with van der Waals surface area (Å²) >= 11 is 6.16. The molecule has 0 saturated heterocycles. The van der Waals surface area contributed by atoms with Crippen molar-refractivity contribution in [2.75, 3.05) is 11.9 Å². The van der Waals surface area contributed by atoms with Crippen molar-refractivity contribution >= 4 is 40.1 Å². The summed E-state index contributed by atoms with van der Waals surface area (Å²) in [6.45, 7) is 3.56. The molecule has 0 atom stereocenters. The number of hydrogen-bond acceptors (Lipinski definition) is 5. The van der Waals surface area contributed by atoms with E-state index in [4.69, 9.17) is 16.3 Å². The van der Waals surface area contributed by atoms with Gasteiger partial charge in [0.1, 0.15) is 0 Å². The monoisotopic (exact) mass is 413 g/mol. The molecule has 0 aliphatic heterocycles. The summed E-state index contributed by atoms with van der Waals surface area (Å²) < 4.78 is 6.60. The number of rotatable bonds is 6. The maximum atomic E-state index is 12.1. The van der Waals surface area contributed by atoms with Crippen LogP contribution < -0.4 is 10.7 Å². The van der Waals surface area contributed by atoms with E-state index in [0.29, 0.717) is 21.6 Å². The number of carbonyl (C=O) groups is 2. The molecule has 2 aromatic carbocycles. The Morgan fingerprint density at radius 3 is 2.72 bits per heavy atom. The zero-order valence-corrected chi connectivity index (χ0v) is 16.8. The van der Waals surface area contributed by atoms with Gasteiger partial charge in [0.2, 0.25) is 5.43 Å². The lowest BCUT2D eigenvalue weighted by Gasteiger charge is -2.12. The highest BCUT2D eigenvalue weighted by atomic mass is 35.5. The molecule has 1 N–H and O–H groups in total. The number of amides is 1. The van der Waals surface area contributed by atoms with Crippen molar-refractivity contribution in [2.24, 2.45) is 0 Å². The normalized spacial score (nSPS) is 10.7. The van der Waals surface area contributed by atoms with Crippen molar-refractivity contribution in [3.8, 4) is 0 Å². The molecule has 1 amide bonds. The van der Waals surface area contributed by atoms with Crippen molar-refractivity contribution in [2.45, 2.75) is 26.8 Å². The quantitative estimate of drug-likeness (QED) is 0.626. The average Bonchev–Trinajstić information content (AvgIpc) is 2.69. The van der Waals surface area contributed by atoms with Crippen LogP contribution >= 0.6 is 11.6 Å². The molecule has 0 fully saturated rings. The molecule has 1 aromatic heterocycles. The predicted octanol–water partition coefficient (Wildman–Crippen LogP) is 3.24. The fourth-order valence-corrected chi connectivity index (χ4v) is 3.37.